The zero-order valence-corrected chi connectivity index (χ0v) is 39.7. The fraction of sp³-hybridized carbons (Fsp3) is 0.796. The van der Waals surface area contributed by atoms with Gasteiger partial charge in [0.05, 0.1) is 0 Å². The summed E-state index contributed by atoms with van der Waals surface area (Å²) in [6.45, 7) is 6.49. The maximum absolute atomic E-state index is 12.8. The Bertz CT molecular complexity index is 1060. The van der Waals surface area contributed by atoms with E-state index in [-0.39, 0.29) is 31.1 Å². The number of allylic oxidation sites excluding steroid dienone is 8. The standard InChI is InChI=1S/C54H96O6/c1-4-7-10-13-16-19-22-25-27-29-32-35-38-41-44-47-53(56)59-50-51(49-58-52(55)46-43-40-37-34-31-24-21-18-15-12-9-6-3)60-54(57)48-45-42-39-36-33-30-28-26-23-20-17-14-11-8-5-2/h7,10,16,18-19,21,25,27,51H,4-6,8-9,11-15,17,20,22-24,26,28-50H2,1-3H3/b10-7-,19-16-,21-18-,27-25-/t51-/m1/s1. The van der Waals surface area contributed by atoms with Gasteiger partial charge in [-0.3, -0.25) is 14.4 Å². The van der Waals surface area contributed by atoms with Gasteiger partial charge in [-0.15, -0.1) is 0 Å². The van der Waals surface area contributed by atoms with Crippen LogP contribution < -0.4 is 0 Å². The Kier molecular flexibility index (Phi) is 46.9. The molecule has 0 heterocycles. The third kappa shape index (κ3) is 46.4. The summed E-state index contributed by atoms with van der Waals surface area (Å²) in [6.07, 6.45) is 58.0. The Morgan fingerprint density at radius 2 is 0.650 bits per heavy atom. The molecule has 0 rings (SSSR count). The van der Waals surface area contributed by atoms with Crippen LogP contribution >= 0.6 is 0 Å². The van der Waals surface area contributed by atoms with Crippen molar-refractivity contribution in [2.45, 2.75) is 264 Å². The van der Waals surface area contributed by atoms with Crippen LogP contribution in [0.2, 0.25) is 0 Å². The minimum absolute atomic E-state index is 0.0810. The lowest BCUT2D eigenvalue weighted by molar-refractivity contribution is -0.167. The fourth-order valence-electron chi connectivity index (χ4n) is 7.22. The lowest BCUT2D eigenvalue weighted by atomic mass is 10.0. The van der Waals surface area contributed by atoms with Crippen molar-refractivity contribution in [3.8, 4) is 0 Å². The van der Waals surface area contributed by atoms with E-state index in [2.05, 4.69) is 69.4 Å². The third-order valence-corrected chi connectivity index (χ3v) is 11.1. The van der Waals surface area contributed by atoms with E-state index < -0.39 is 6.10 Å². The second-order valence-electron chi connectivity index (χ2n) is 17.1. The first-order valence-corrected chi connectivity index (χ1v) is 25.6. The van der Waals surface area contributed by atoms with Crippen LogP contribution in [0.5, 0.6) is 0 Å². The summed E-state index contributed by atoms with van der Waals surface area (Å²) in [5, 5.41) is 0. The quantitative estimate of drug-likeness (QED) is 0.0263. The van der Waals surface area contributed by atoms with Gasteiger partial charge < -0.3 is 14.2 Å². The van der Waals surface area contributed by atoms with E-state index in [9.17, 15) is 14.4 Å². The number of carbonyl (C=O) groups is 3. The number of unbranched alkanes of at least 4 members (excludes halogenated alkanes) is 27. The summed E-state index contributed by atoms with van der Waals surface area (Å²) in [4.78, 5) is 37.9. The monoisotopic (exact) mass is 841 g/mol. The van der Waals surface area contributed by atoms with Crippen LogP contribution in [0, 0.1) is 0 Å². The van der Waals surface area contributed by atoms with Crippen molar-refractivity contribution in [2.75, 3.05) is 13.2 Å². The first-order chi connectivity index (χ1) is 29.5. The van der Waals surface area contributed by atoms with Crippen molar-refractivity contribution in [3.05, 3.63) is 48.6 Å². The molecule has 60 heavy (non-hydrogen) atoms. The summed E-state index contributed by atoms with van der Waals surface area (Å²) in [7, 11) is 0. The molecule has 0 spiro atoms. The predicted octanol–water partition coefficient (Wildman–Crippen LogP) is 16.7. The van der Waals surface area contributed by atoms with Crippen molar-refractivity contribution in [1.82, 2.24) is 0 Å². The molecule has 6 nitrogen and oxygen atoms in total. The minimum Gasteiger partial charge on any atom is -0.462 e. The largest absolute Gasteiger partial charge is 0.462 e. The minimum atomic E-state index is -0.779. The molecule has 0 amide bonds. The highest BCUT2D eigenvalue weighted by atomic mass is 16.6. The first-order valence-electron chi connectivity index (χ1n) is 25.6. The summed E-state index contributed by atoms with van der Waals surface area (Å²) < 4.78 is 16.8. The molecule has 0 aliphatic heterocycles. The number of carbonyl (C=O) groups excluding carboxylic acids is 3. The topological polar surface area (TPSA) is 78.9 Å². The molecule has 1 atom stereocenters. The first kappa shape index (κ1) is 57.4. The fourth-order valence-corrected chi connectivity index (χ4v) is 7.22. The van der Waals surface area contributed by atoms with E-state index in [4.69, 9.17) is 14.2 Å². The SMILES string of the molecule is CC/C=C\C/C=C\C/C=C\CCCCCCCC(=O)OC[C@@H](COC(=O)CCCCCCC/C=C\CCCCC)OC(=O)CCCCCCCCCCCCCCCCC. The highest BCUT2D eigenvalue weighted by Crippen LogP contribution is 2.15. The zero-order valence-electron chi connectivity index (χ0n) is 39.7. The van der Waals surface area contributed by atoms with Gasteiger partial charge in [0.1, 0.15) is 13.2 Å². The van der Waals surface area contributed by atoms with Crippen LogP contribution in [0.15, 0.2) is 48.6 Å². The summed E-state index contributed by atoms with van der Waals surface area (Å²) >= 11 is 0. The van der Waals surface area contributed by atoms with Gasteiger partial charge in [-0.25, -0.2) is 0 Å². The molecule has 0 aliphatic carbocycles. The molecule has 348 valence electrons. The van der Waals surface area contributed by atoms with Gasteiger partial charge in [0.2, 0.25) is 0 Å². The smallest absolute Gasteiger partial charge is 0.306 e. The van der Waals surface area contributed by atoms with Crippen LogP contribution in [0.4, 0.5) is 0 Å². The molecular formula is C54H96O6. The molecular weight excluding hydrogens is 745 g/mol. The Hall–Kier alpha value is -2.63. The van der Waals surface area contributed by atoms with Gasteiger partial charge >= 0.3 is 17.9 Å². The van der Waals surface area contributed by atoms with Crippen LogP contribution in [-0.2, 0) is 28.6 Å². The lowest BCUT2D eigenvalue weighted by Gasteiger charge is -2.18. The van der Waals surface area contributed by atoms with Crippen molar-refractivity contribution in [3.63, 3.8) is 0 Å². The van der Waals surface area contributed by atoms with Gasteiger partial charge in [0, 0.05) is 19.3 Å². The van der Waals surface area contributed by atoms with Gasteiger partial charge in [-0.2, -0.15) is 0 Å². The van der Waals surface area contributed by atoms with Crippen molar-refractivity contribution in [1.29, 1.82) is 0 Å². The Balaban J connectivity index is 4.39. The Labute approximate surface area is 371 Å². The Morgan fingerprint density at radius 1 is 0.350 bits per heavy atom. The molecule has 0 saturated heterocycles. The molecule has 0 saturated carbocycles. The van der Waals surface area contributed by atoms with Crippen LogP contribution in [-0.4, -0.2) is 37.2 Å². The van der Waals surface area contributed by atoms with Gasteiger partial charge in [-0.05, 0) is 77.0 Å². The third-order valence-electron chi connectivity index (χ3n) is 11.1. The van der Waals surface area contributed by atoms with Crippen molar-refractivity contribution in [2.24, 2.45) is 0 Å². The summed E-state index contributed by atoms with van der Waals surface area (Å²) in [5.41, 5.74) is 0. The second-order valence-corrected chi connectivity index (χ2v) is 17.1. The highest BCUT2D eigenvalue weighted by molar-refractivity contribution is 5.71. The molecule has 0 aromatic rings. The normalized spacial score (nSPS) is 12.4. The molecule has 0 bridgehead atoms. The van der Waals surface area contributed by atoms with E-state index in [0.29, 0.717) is 19.3 Å². The van der Waals surface area contributed by atoms with Crippen molar-refractivity contribution < 1.29 is 28.6 Å². The molecule has 0 aromatic heterocycles. The number of rotatable bonds is 46. The van der Waals surface area contributed by atoms with E-state index in [1.807, 2.05) is 0 Å². The highest BCUT2D eigenvalue weighted by Gasteiger charge is 2.19. The summed E-state index contributed by atoms with van der Waals surface area (Å²) in [5.74, 6) is -0.899. The lowest BCUT2D eigenvalue weighted by Crippen LogP contribution is -2.30. The maximum Gasteiger partial charge on any atom is 0.306 e. The Morgan fingerprint density at radius 3 is 1.07 bits per heavy atom. The van der Waals surface area contributed by atoms with Crippen LogP contribution in [0.1, 0.15) is 258 Å². The van der Waals surface area contributed by atoms with Crippen molar-refractivity contribution >= 4 is 17.9 Å². The number of hydrogen-bond acceptors (Lipinski definition) is 6. The molecule has 0 aliphatic rings. The molecule has 0 radical (unpaired) electrons. The average molecular weight is 841 g/mol. The second kappa shape index (κ2) is 49.0. The molecule has 0 fully saturated rings. The van der Waals surface area contributed by atoms with E-state index in [1.165, 1.54) is 116 Å². The van der Waals surface area contributed by atoms with Crippen LogP contribution in [0.3, 0.4) is 0 Å². The molecule has 0 unspecified atom stereocenters. The van der Waals surface area contributed by atoms with Gasteiger partial charge in [-0.1, -0.05) is 211 Å². The van der Waals surface area contributed by atoms with Gasteiger partial charge in [0.15, 0.2) is 6.10 Å². The molecule has 0 N–H and O–H groups in total. The van der Waals surface area contributed by atoms with E-state index in [0.717, 1.165) is 103 Å². The average Bonchev–Trinajstić information content (AvgIpc) is 3.24. The predicted molar refractivity (Wildman–Crippen MR) is 256 cm³/mol. The zero-order chi connectivity index (χ0) is 43.7. The van der Waals surface area contributed by atoms with E-state index >= 15 is 0 Å². The number of ether oxygens (including phenoxy) is 3. The number of esters is 3. The van der Waals surface area contributed by atoms with Crippen LogP contribution in [0.25, 0.3) is 0 Å². The maximum atomic E-state index is 12.8. The number of hydrogen-bond donors (Lipinski definition) is 0. The molecule has 6 heteroatoms. The molecule has 0 aromatic carbocycles. The van der Waals surface area contributed by atoms with Gasteiger partial charge in [0.25, 0.3) is 0 Å². The summed E-state index contributed by atoms with van der Waals surface area (Å²) in [6, 6.07) is 0. The van der Waals surface area contributed by atoms with E-state index in [1.54, 1.807) is 0 Å².